The molecule has 8 heteroatoms. The number of amides is 3. The number of likely N-dealkylation sites (tertiary alicyclic amines) is 1. The van der Waals surface area contributed by atoms with Crippen LogP contribution in [0, 0.1) is 17.8 Å². The predicted octanol–water partition coefficient (Wildman–Crippen LogP) is 3.55. The zero-order valence-corrected chi connectivity index (χ0v) is 25.2. The maximum absolute atomic E-state index is 14.8. The van der Waals surface area contributed by atoms with E-state index in [9.17, 15) is 19.5 Å². The maximum atomic E-state index is 14.8. The molecule has 1 aromatic rings. The van der Waals surface area contributed by atoms with Crippen LogP contribution in [0.25, 0.3) is 0 Å². The van der Waals surface area contributed by atoms with Crippen molar-refractivity contribution in [2.24, 2.45) is 17.8 Å². The highest BCUT2D eigenvalue weighted by atomic mass is 16.5. The number of benzene rings is 1. The molecule has 1 aromatic carbocycles. The molecule has 1 unspecified atom stereocenters. The van der Waals surface area contributed by atoms with Gasteiger partial charge in [-0.1, -0.05) is 81.8 Å². The van der Waals surface area contributed by atoms with E-state index in [2.05, 4.69) is 0 Å². The SMILES string of the molecule is CC[C@H](C)[C@H](CO)N1C(=O)[C@@H]2[C@H]3C(=O)N(Cc4ccccc4)CC=C[C@@]3(CC)O[C@@]23C=CCN(C(C)(C)C)C(=O)C13. The molecule has 7 atom stereocenters. The summed E-state index contributed by atoms with van der Waals surface area (Å²) in [5.41, 5.74) is -1.85. The first kappa shape index (κ1) is 29.5. The first-order chi connectivity index (χ1) is 19.5. The summed E-state index contributed by atoms with van der Waals surface area (Å²) in [5.74, 6) is -2.38. The fraction of sp³-hybridized carbons (Fsp3) is 0.606. The molecule has 222 valence electrons. The van der Waals surface area contributed by atoms with E-state index in [0.717, 1.165) is 12.0 Å². The molecule has 4 heterocycles. The highest BCUT2D eigenvalue weighted by Gasteiger charge is 2.76. The second-order valence-corrected chi connectivity index (χ2v) is 13.1. The highest BCUT2D eigenvalue weighted by Crippen LogP contribution is 2.59. The third-order valence-corrected chi connectivity index (χ3v) is 9.83. The Kier molecular flexibility index (Phi) is 7.70. The van der Waals surface area contributed by atoms with Crippen molar-refractivity contribution in [2.45, 2.75) is 89.8 Å². The molecule has 41 heavy (non-hydrogen) atoms. The third-order valence-electron chi connectivity index (χ3n) is 9.83. The molecule has 4 aliphatic heterocycles. The summed E-state index contributed by atoms with van der Waals surface area (Å²) < 4.78 is 7.07. The van der Waals surface area contributed by atoms with Crippen molar-refractivity contribution in [3.63, 3.8) is 0 Å². The normalized spacial score (nSPS) is 32.9. The average Bonchev–Trinajstić information content (AvgIpc) is 3.23. The number of hydrogen-bond acceptors (Lipinski definition) is 5. The van der Waals surface area contributed by atoms with Crippen LogP contribution in [0.3, 0.4) is 0 Å². The molecule has 0 bridgehead atoms. The minimum Gasteiger partial charge on any atom is -0.394 e. The summed E-state index contributed by atoms with van der Waals surface area (Å²) in [6.07, 6.45) is 8.96. The Morgan fingerprint density at radius 3 is 2.27 bits per heavy atom. The number of carbonyl (C=O) groups is 3. The van der Waals surface area contributed by atoms with Gasteiger partial charge in [0.05, 0.1) is 30.1 Å². The maximum Gasteiger partial charge on any atom is 0.249 e. The van der Waals surface area contributed by atoms with Crippen LogP contribution in [-0.4, -0.2) is 86.0 Å². The standard InChI is InChI=1S/C33H45N3O5/c1-7-22(3)24(21-37)36-27-30(40)35(31(4,5)6)19-13-17-33(27)26(29(36)39)25-28(38)34(20-23-14-10-9-11-15-23)18-12-16-32(25,8-2)41-33/h9-17,22,24-27,37H,7-8,18-21H2,1-6H3/t22-,24-,25-,26-,27?,32+,33-/m0/s1. The van der Waals surface area contributed by atoms with Crippen LogP contribution in [0.2, 0.25) is 0 Å². The minimum absolute atomic E-state index is 0.0572. The van der Waals surface area contributed by atoms with Crippen molar-refractivity contribution in [3.05, 3.63) is 60.2 Å². The van der Waals surface area contributed by atoms with Crippen LogP contribution < -0.4 is 0 Å². The van der Waals surface area contributed by atoms with Crippen molar-refractivity contribution in [1.82, 2.24) is 14.7 Å². The molecular weight excluding hydrogens is 518 g/mol. The fourth-order valence-corrected chi connectivity index (χ4v) is 7.47. The number of aliphatic hydroxyl groups is 1. The van der Waals surface area contributed by atoms with Gasteiger partial charge in [0, 0.05) is 25.2 Å². The van der Waals surface area contributed by atoms with E-state index in [4.69, 9.17) is 4.74 Å². The van der Waals surface area contributed by atoms with Gasteiger partial charge < -0.3 is 24.5 Å². The van der Waals surface area contributed by atoms with Crippen LogP contribution in [0.4, 0.5) is 0 Å². The lowest BCUT2D eigenvalue weighted by Gasteiger charge is -2.44. The first-order valence-corrected chi connectivity index (χ1v) is 15.1. The molecule has 0 aliphatic carbocycles. The van der Waals surface area contributed by atoms with Crippen LogP contribution in [0.5, 0.6) is 0 Å². The van der Waals surface area contributed by atoms with Crippen LogP contribution in [0.15, 0.2) is 54.6 Å². The van der Waals surface area contributed by atoms with Crippen molar-refractivity contribution in [2.75, 3.05) is 19.7 Å². The lowest BCUT2D eigenvalue weighted by atomic mass is 9.73. The number of rotatable bonds is 7. The minimum atomic E-state index is -1.33. The van der Waals surface area contributed by atoms with Crippen LogP contribution in [-0.2, 0) is 25.7 Å². The summed E-state index contributed by atoms with van der Waals surface area (Å²) in [4.78, 5) is 49.0. The lowest BCUT2D eigenvalue weighted by molar-refractivity contribution is -0.160. The van der Waals surface area contributed by atoms with E-state index in [1.807, 2.05) is 96.2 Å². The molecule has 2 saturated heterocycles. The number of carbonyl (C=O) groups excluding carboxylic acids is 3. The summed E-state index contributed by atoms with van der Waals surface area (Å²) in [6.45, 7) is 12.9. The monoisotopic (exact) mass is 563 g/mol. The van der Waals surface area contributed by atoms with Gasteiger partial charge in [-0.15, -0.1) is 0 Å². The Bertz CT molecular complexity index is 1240. The topological polar surface area (TPSA) is 90.4 Å². The second-order valence-electron chi connectivity index (χ2n) is 13.1. The zero-order valence-electron chi connectivity index (χ0n) is 25.2. The Morgan fingerprint density at radius 1 is 0.976 bits per heavy atom. The van der Waals surface area contributed by atoms with E-state index in [1.54, 1.807) is 14.7 Å². The summed E-state index contributed by atoms with van der Waals surface area (Å²) in [7, 11) is 0. The molecule has 0 saturated carbocycles. The number of hydrogen-bond donors (Lipinski definition) is 1. The van der Waals surface area contributed by atoms with E-state index in [1.165, 1.54) is 0 Å². The second kappa shape index (κ2) is 10.7. The van der Waals surface area contributed by atoms with Crippen molar-refractivity contribution in [3.8, 4) is 0 Å². The van der Waals surface area contributed by atoms with Gasteiger partial charge in [-0.3, -0.25) is 14.4 Å². The molecule has 0 aromatic heterocycles. The Balaban J connectivity index is 1.67. The number of ether oxygens (including phenoxy) is 1. The average molecular weight is 564 g/mol. The molecule has 0 radical (unpaired) electrons. The van der Waals surface area contributed by atoms with Crippen LogP contribution in [0.1, 0.15) is 59.9 Å². The molecule has 3 amide bonds. The Hall–Kier alpha value is -2.97. The molecule has 5 rings (SSSR count). The van der Waals surface area contributed by atoms with Gasteiger partial charge in [-0.05, 0) is 38.7 Å². The molecule has 1 spiro atoms. The molecule has 8 nitrogen and oxygen atoms in total. The molecule has 4 aliphatic rings. The van der Waals surface area contributed by atoms with E-state index < -0.39 is 40.7 Å². The quantitative estimate of drug-likeness (QED) is 0.513. The molecule has 1 N–H and O–H groups in total. The van der Waals surface area contributed by atoms with Gasteiger partial charge in [-0.2, -0.15) is 0 Å². The van der Waals surface area contributed by atoms with Gasteiger partial charge in [0.25, 0.3) is 0 Å². The molecule has 2 fully saturated rings. The largest absolute Gasteiger partial charge is 0.394 e. The third kappa shape index (κ3) is 4.54. The van der Waals surface area contributed by atoms with Gasteiger partial charge >= 0.3 is 0 Å². The van der Waals surface area contributed by atoms with E-state index in [0.29, 0.717) is 26.1 Å². The van der Waals surface area contributed by atoms with E-state index in [-0.39, 0.29) is 30.2 Å². The highest BCUT2D eigenvalue weighted by molar-refractivity contribution is 6.00. The van der Waals surface area contributed by atoms with Gasteiger partial charge in [0.2, 0.25) is 17.7 Å². The van der Waals surface area contributed by atoms with Crippen LogP contribution >= 0.6 is 0 Å². The number of nitrogens with zero attached hydrogens (tertiary/aromatic N) is 3. The van der Waals surface area contributed by atoms with Gasteiger partial charge in [0.1, 0.15) is 11.6 Å². The summed E-state index contributed by atoms with van der Waals surface area (Å²) in [5, 5.41) is 10.6. The Morgan fingerprint density at radius 2 is 1.66 bits per heavy atom. The first-order valence-electron chi connectivity index (χ1n) is 15.1. The summed E-state index contributed by atoms with van der Waals surface area (Å²) >= 11 is 0. The van der Waals surface area contributed by atoms with Crippen molar-refractivity contribution < 1.29 is 24.2 Å². The fourth-order valence-electron chi connectivity index (χ4n) is 7.47. The van der Waals surface area contributed by atoms with Crippen molar-refractivity contribution >= 4 is 17.7 Å². The lowest BCUT2D eigenvalue weighted by Crippen LogP contribution is -2.62. The van der Waals surface area contributed by atoms with Crippen molar-refractivity contribution in [1.29, 1.82) is 0 Å². The number of aliphatic hydroxyl groups excluding tert-OH is 1. The van der Waals surface area contributed by atoms with Gasteiger partial charge in [0.15, 0.2) is 0 Å². The predicted molar refractivity (Wildman–Crippen MR) is 156 cm³/mol. The zero-order chi connectivity index (χ0) is 29.7. The molecular formula is C33H45N3O5. The smallest absolute Gasteiger partial charge is 0.249 e. The summed E-state index contributed by atoms with van der Waals surface area (Å²) in [6, 6.07) is 8.27. The Labute approximate surface area is 244 Å². The van der Waals surface area contributed by atoms with E-state index >= 15 is 0 Å². The van der Waals surface area contributed by atoms with Gasteiger partial charge in [-0.25, -0.2) is 0 Å². The number of fused-ring (bicyclic) bond motifs is 2.